The molecule has 0 aliphatic rings. The van der Waals surface area contributed by atoms with E-state index in [1.807, 2.05) is 6.92 Å². The highest BCUT2D eigenvalue weighted by atomic mass is 16.3. The van der Waals surface area contributed by atoms with Crippen molar-refractivity contribution in [3.8, 4) is 0 Å². The summed E-state index contributed by atoms with van der Waals surface area (Å²) in [7, 11) is 0. The smallest absolute Gasteiger partial charge is 0.237 e. The van der Waals surface area contributed by atoms with E-state index in [1.54, 1.807) is 0 Å². The highest BCUT2D eigenvalue weighted by molar-refractivity contribution is 5.81. The number of amides is 1. The van der Waals surface area contributed by atoms with Crippen LogP contribution < -0.4 is 11.1 Å². The molecule has 0 rings (SSSR count). The molecule has 2 atom stereocenters. The number of hydrogen-bond donors (Lipinski definition) is 4. The molecule has 0 aliphatic heterocycles. The first-order valence-corrected chi connectivity index (χ1v) is 5.29. The van der Waals surface area contributed by atoms with Gasteiger partial charge in [-0.15, -0.1) is 0 Å². The maximum atomic E-state index is 11.4. The summed E-state index contributed by atoms with van der Waals surface area (Å²) >= 11 is 0. The summed E-state index contributed by atoms with van der Waals surface area (Å²) in [5.74, 6) is -0.280. The average Bonchev–Trinajstić information content (AvgIpc) is 2.22. The molecule has 0 radical (unpaired) electrons. The number of nitrogens with two attached hydrogens (primary N) is 1. The van der Waals surface area contributed by atoms with Gasteiger partial charge in [-0.05, 0) is 13.3 Å². The SMILES string of the molecule is CCCCC(N)C(=O)NCC(C)(O)CO. The minimum atomic E-state index is -1.28. The van der Waals surface area contributed by atoms with Crippen molar-refractivity contribution in [2.45, 2.75) is 44.8 Å². The van der Waals surface area contributed by atoms with Crippen molar-refractivity contribution in [2.24, 2.45) is 5.73 Å². The van der Waals surface area contributed by atoms with Gasteiger partial charge in [-0.2, -0.15) is 0 Å². The Balaban J connectivity index is 3.82. The van der Waals surface area contributed by atoms with E-state index in [4.69, 9.17) is 10.8 Å². The van der Waals surface area contributed by atoms with Crippen LogP contribution >= 0.6 is 0 Å². The molecule has 5 heteroatoms. The molecular weight excluding hydrogens is 196 g/mol. The van der Waals surface area contributed by atoms with Crippen LogP contribution in [-0.4, -0.2) is 40.9 Å². The average molecular weight is 218 g/mol. The third-order valence-electron chi connectivity index (χ3n) is 2.19. The molecule has 0 heterocycles. The van der Waals surface area contributed by atoms with Crippen molar-refractivity contribution in [1.29, 1.82) is 0 Å². The molecule has 15 heavy (non-hydrogen) atoms. The fraction of sp³-hybridized carbons (Fsp3) is 0.900. The number of aliphatic hydroxyl groups is 2. The highest BCUT2D eigenvalue weighted by Gasteiger charge is 2.21. The number of carbonyl (C=O) groups excluding carboxylic acids is 1. The predicted octanol–water partition coefficient (Wildman–Crippen LogP) is -0.637. The second-order valence-electron chi connectivity index (χ2n) is 4.12. The van der Waals surface area contributed by atoms with E-state index in [0.717, 1.165) is 12.8 Å². The third kappa shape index (κ3) is 6.43. The Morgan fingerprint density at radius 2 is 2.20 bits per heavy atom. The van der Waals surface area contributed by atoms with Crippen LogP contribution in [0.3, 0.4) is 0 Å². The van der Waals surface area contributed by atoms with Gasteiger partial charge in [-0.3, -0.25) is 4.79 Å². The Kier molecular flexibility index (Phi) is 6.47. The number of aliphatic hydroxyl groups excluding tert-OH is 1. The van der Waals surface area contributed by atoms with Crippen molar-refractivity contribution < 1.29 is 15.0 Å². The lowest BCUT2D eigenvalue weighted by atomic mass is 10.1. The van der Waals surface area contributed by atoms with Crippen LogP contribution in [0.2, 0.25) is 0 Å². The second-order valence-corrected chi connectivity index (χ2v) is 4.12. The largest absolute Gasteiger partial charge is 0.393 e. The molecule has 0 saturated carbocycles. The minimum absolute atomic E-state index is 0.0160. The van der Waals surface area contributed by atoms with E-state index in [0.29, 0.717) is 6.42 Å². The maximum Gasteiger partial charge on any atom is 0.237 e. The summed E-state index contributed by atoms with van der Waals surface area (Å²) in [6, 6.07) is -0.528. The van der Waals surface area contributed by atoms with Gasteiger partial charge in [-0.25, -0.2) is 0 Å². The second kappa shape index (κ2) is 6.76. The molecule has 2 unspecified atom stereocenters. The Morgan fingerprint density at radius 3 is 2.67 bits per heavy atom. The van der Waals surface area contributed by atoms with Crippen molar-refractivity contribution in [3.05, 3.63) is 0 Å². The number of unbranched alkanes of at least 4 members (excludes halogenated alkanes) is 1. The first-order valence-electron chi connectivity index (χ1n) is 5.29. The van der Waals surface area contributed by atoms with Crippen LogP contribution in [0.5, 0.6) is 0 Å². The van der Waals surface area contributed by atoms with Gasteiger partial charge in [0, 0.05) is 6.54 Å². The van der Waals surface area contributed by atoms with Gasteiger partial charge in [-0.1, -0.05) is 19.8 Å². The Labute approximate surface area is 90.7 Å². The number of rotatable bonds is 7. The van der Waals surface area contributed by atoms with E-state index in [9.17, 15) is 9.90 Å². The van der Waals surface area contributed by atoms with Crippen LogP contribution in [0.4, 0.5) is 0 Å². The molecule has 0 bridgehead atoms. The van der Waals surface area contributed by atoms with Gasteiger partial charge in [0.05, 0.1) is 12.6 Å². The molecule has 0 fully saturated rings. The van der Waals surface area contributed by atoms with Gasteiger partial charge < -0.3 is 21.3 Å². The van der Waals surface area contributed by atoms with Crippen molar-refractivity contribution in [1.82, 2.24) is 5.32 Å². The Bertz CT molecular complexity index is 195. The zero-order chi connectivity index (χ0) is 11.9. The molecular formula is C10H22N2O3. The molecule has 90 valence electrons. The van der Waals surface area contributed by atoms with Crippen LogP contribution in [0.1, 0.15) is 33.1 Å². The summed E-state index contributed by atoms with van der Waals surface area (Å²) in [6.45, 7) is 3.10. The fourth-order valence-electron chi connectivity index (χ4n) is 1.02. The Morgan fingerprint density at radius 1 is 1.60 bits per heavy atom. The van der Waals surface area contributed by atoms with E-state index in [2.05, 4.69) is 5.32 Å². The number of carbonyl (C=O) groups is 1. The molecule has 0 aromatic heterocycles. The number of nitrogens with one attached hydrogen (secondary N) is 1. The molecule has 0 saturated heterocycles. The monoisotopic (exact) mass is 218 g/mol. The first-order chi connectivity index (χ1) is 6.93. The standard InChI is InChI=1S/C10H22N2O3/c1-3-4-5-8(11)9(14)12-6-10(2,15)7-13/h8,13,15H,3-7,11H2,1-2H3,(H,12,14). The molecule has 0 aromatic carbocycles. The summed E-state index contributed by atoms with van der Waals surface area (Å²) in [5.41, 5.74) is 4.34. The van der Waals surface area contributed by atoms with Crippen molar-refractivity contribution in [2.75, 3.05) is 13.2 Å². The van der Waals surface area contributed by atoms with Gasteiger partial charge in [0.25, 0.3) is 0 Å². The highest BCUT2D eigenvalue weighted by Crippen LogP contribution is 2.01. The molecule has 0 aliphatic carbocycles. The summed E-state index contributed by atoms with van der Waals surface area (Å²) in [4.78, 5) is 11.4. The van der Waals surface area contributed by atoms with E-state index in [1.165, 1.54) is 6.92 Å². The van der Waals surface area contributed by atoms with Crippen LogP contribution in [-0.2, 0) is 4.79 Å². The zero-order valence-electron chi connectivity index (χ0n) is 9.49. The molecule has 0 aromatic rings. The minimum Gasteiger partial charge on any atom is -0.393 e. The van der Waals surface area contributed by atoms with E-state index >= 15 is 0 Å². The fourth-order valence-corrected chi connectivity index (χ4v) is 1.02. The normalized spacial score (nSPS) is 16.9. The van der Waals surface area contributed by atoms with Gasteiger partial charge in [0.1, 0.15) is 5.60 Å². The van der Waals surface area contributed by atoms with Crippen LogP contribution in [0, 0.1) is 0 Å². The van der Waals surface area contributed by atoms with Gasteiger partial charge >= 0.3 is 0 Å². The lowest BCUT2D eigenvalue weighted by Crippen LogP contribution is -2.48. The molecule has 5 nitrogen and oxygen atoms in total. The van der Waals surface area contributed by atoms with E-state index < -0.39 is 18.2 Å². The lowest BCUT2D eigenvalue weighted by Gasteiger charge is -2.21. The van der Waals surface area contributed by atoms with Gasteiger partial charge in [0.2, 0.25) is 5.91 Å². The summed E-state index contributed by atoms with van der Waals surface area (Å²) in [5, 5.41) is 20.7. The van der Waals surface area contributed by atoms with Crippen molar-refractivity contribution >= 4 is 5.91 Å². The topological polar surface area (TPSA) is 95.6 Å². The third-order valence-corrected chi connectivity index (χ3v) is 2.19. The van der Waals surface area contributed by atoms with Gasteiger partial charge in [0.15, 0.2) is 0 Å². The maximum absolute atomic E-state index is 11.4. The van der Waals surface area contributed by atoms with Crippen molar-refractivity contribution in [3.63, 3.8) is 0 Å². The first kappa shape index (κ1) is 14.3. The Hall–Kier alpha value is -0.650. The summed E-state index contributed by atoms with van der Waals surface area (Å²) in [6.07, 6.45) is 2.55. The predicted molar refractivity (Wildman–Crippen MR) is 58.2 cm³/mol. The van der Waals surface area contributed by atoms with Crippen LogP contribution in [0.25, 0.3) is 0 Å². The molecule has 0 spiro atoms. The quantitative estimate of drug-likeness (QED) is 0.457. The van der Waals surface area contributed by atoms with E-state index in [-0.39, 0.29) is 12.5 Å². The van der Waals surface area contributed by atoms with Crippen LogP contribution in [0.15, 0.2) is 0 Å². The lowest BCUT2D eigenvalue weighted by molar-refractivity contribution is -0.124. The number of hydrogen-bond acceptors (Lipinski definition) is 4. The summed E-state index contributed by atoms with van der Waals surface area (Å²) < 4.78 is 0. The molecule has 5 N–H and O–H groups in total. The zero-order valence-corrected chi connectivity index (χ0v) is 9.49. The molecule has 1 amide bonds.